The first-order valence-electron chi connectivity index (χ1n) is 11.7. The monoisotopic (exact) mass is 586 g/mol. The predicted octanol–water partition coefficient (Wildman–Crippen LogP) is 5.88. The van der Waals surface area contributed by atoms with Crippen molar-refractivity contribution in [2.75, 3.05) is 11.3 Å². The van der Waals surface area contributed by atoms with E-state index in [-0.39, 0.29) is 39.5 Å². The highest BCUT2D eigenvalue weighted by Crippen LogP contribution is 2.50. The lowest BCUT2D eigenvalue weighted by atomic mass is 9.57. The van der Waals surface area contributed by atoms with Crippen molar-refractivity contribution in [2.45, 2.75) is 32.1 Å². The number of pyridine rings is 1. The number of nitrogens with one attached hydrogen (secondary N) is 1. The number of H-pyrrole nitrogens is 1. The van der Waals surface area contributed by atoms with E-state index in [9.17, 15) is 13.6 Å². The Morgan fingerprint density at radius 3 is 2.72 bits per heavy atom. The van der Waals surface area contributed by atoms with Crippen molar-refractivity contribution < 1.29 is 17.8 Å². The number of hydrogen-bond donors (Lipinski definition) is 1. The molecule has 3 aliphatic rings. The topological polar surface area (TPSA) is 80.8 Å². The van der Waals surface area contributed by atoms with Crippen LogP contribution in [0.25, 0.3) is 22.4 Å². The Balaban J connectivity index is 1.44. The van der Waals surface area contributed by atoms with Crippen LogP contribution in [0.3, 0.4) is 0 Å². The molecule has 3 aromatic rings. The summed E-state index contributed by atoms with van der Waals surface area (Å²) in [7, 11) is 6.76. The standard InChI is InChI=1S/C23H27F2N4O2P3S2/c1-35(33)11-36(34-32)31-23(30)20-13-4-2-12(3-5-13)15(20)7-19-18(25)10-28-22(29-19)17-9-27-21-16(17)6-14(24)8-26-21/h6,8-10,12-13,15,20,33H,2-5,7,11,32H2,1H3,(H,26,27)/t12?,13?,15-,20-,35?,36?/m0/s1. The van der Waals surface area contributed by atoms with Crippen LogP contribution in [-0.2, 0) is 35.8 Å². The molecule has 5 atom stereocenters. The summed E-state index contributed by atoms with van der Waals surface area (Å²) < 4.78 is 34.8. The molecule has 1 N–H and O–H groups in total. The Morgan fingerprint density at radius 2 is 2.00 bits per heavy atom. The molecule has 0 saturated heterocycles. The van der Waals surface area contributed by atoms with Gasteiger partial charge in [0.1, 0.15) is 11.5 Å². The van der Waals surface area contributed by atoms with Gasteiger partial charge in [-0.1, -0.05) is 16.9 Å². The fraction of sp³-hybridized carbons (Fsp3) is 0.478. The zero-order valence-electron chi connectivity index (χ0n) is 19.6. The fourth-order valence-corrected chi connectivity index (χ4v) is 13.9. The molecule has 0 amide bonds. The molecule has 0 spiro atoms. The third-order valence-electron chi connectivity index (χ3n) is 7.22. The van der Waals surface area contributed by atoms with E-state index in [4.69, 9.17) is 4.18 Å². The largest absolute Gasteiger partial charge is 0.395 e. The highest BCUT2D eigenvalue weighted by atomic mass is 32.7. The highest BCUT2D eigenvalue weighted by Gasteiger charge is 2.48. The molecular weight excluding hydrogens is 559 g/mol. The maximum Gasteiger partial charge on any atom is 0.321 e. The fourth-order valence-electron chi connectivity index (χ4n) is 5.68. The zero-order chi connectivity index (χ0) is 25.4. The lowest BCUT2D eigenvalue weighted by Crippen LogP contribution is -2.45. The molecule has 2 bridgehead atoms. The molecule has 0 radical (unpaired) electrons. The van der Waals surface area contributed by atoms with E-state index >= 15 is 0 Å². The predicted molar refractivity (Wildman–Crippen MR) is 150 cm³/mol. The van der Waals surface area contributed by atoms with Crippen molar-refractivity contribution in [3.05, 3.63) is 42.0 Å². The van der Waals surface area contributed by atoms with Gasteiger partial charge in [0.2, 0.25) is 0 Å². The minimum atomic E-state index is -0.492. The van der Waals surface area contributed by atoms with Gasteiger partial charge in [-0.15, -0.1) is 0 Å². The normalized spacial score (nSPS) is 25.2. The summed E-state index contributed by atoms with van der Waals surface area (Å²) in [4.78, 5) is 29.2. The first-order valence-corrected chi connectivity index (χ1v) is 19.1. The Morgan fingerprint density at radius 1 is 1.25 bits per heavy atom. The van der Waals surface area contributed by atoms with Gasteiger partial charge >= 0.3 is 5.97 Å². The van der Waals surface area contributed by atoms with E-state index in [0.29, 0.717) is 34.8 Å². The number of nitrogens with zero attached hydrogens (tertiary/aromatic N) is 3. The van der Waals surface area contributed by atoms with E-state index in [0.717, 1.165) is 44.0 Å². The molecule has 3 aromatic heterocycles. The number of aromatic nitrogens is 4. The van der Waals surface area contributed by atoms with Gasteiger partial charge in [0, 0.05) is 27.5 Å². The Labute approximate surface area is 219 Å². The summed E-state index contributed by atoms with van der Waals surface area (Å²) in [6.45, 7) is 0. The van der Waals surface area contributed by atoms with E-state index in [1.807, 2.05) is 0 Å². The van der Waals surface area contributed by atoms with E-state index in [2.05, 4.69) is 43.1 Å². The number of halogens is 2. The Kier molecular flexibility index (Phi) is 8.29. The molecule has 13 heteroatoms. The van der Waals surface area contributed by atoms with Crippen LogP contribution in [0.15, 0.2) is 24.7 Å². The highest BCUT2D eigenvalue weighted by molar-refractivity contribution is 8.40. The van der Waals surface area contributed by atoms with Crippen LogP contribution in [0.2, 0.25) is 0 Å². The third-order valence-corrected chi connectivity index (χ3v) is 15.1. The Hall–Kier alpha value is -1.17. The van der Waals surface area contributed by atoms with Crippen LogP contribution in [0.4, 0.5) is 8.78 Å². The van der Waals surface area contributed by atoms with Gasteiger partial charge in [-0.2, -0.15) is 10.1 Å². The van der Waals surface area contributed by atoms with Crippen molar-refractivity contribution in [2.24, 2.45) is 23.7 Å². The van der Waals surface area contributed by atoms with Crippen molar-refractivity contribution >= 4 is 61.4 Å². The van der Waals surface area contributed by atoms with Crippen LogP contribution in [-0.4, -0.2) is 37.2 Å². The molecular formula is C23H27F2N4O2P3S2. The molecule has 6 rings (SSSR count). The van der Waals surface area contributed by atoms with Crippen molar-refractivity contribution in [3.63, 3.8) is 0 Å². The number of fused-ring (bicyclic) bond motifs is 4. The second-order valence-corrected chi connectivity index (χ2v) is 18.5. The van der Waals surface area contributed by atoms with E-state index < -0.39 is 22.0 Å². The number of hydrogen-bond acceptors (Lipinski definition) is 5. The van der Waals surface area contributed by atoms with Crippen molar-refractivity contribution in [1.82, 2.24) is 19.9 Å². The minimum Gasteiger partial charge on any atom is -0.395 e. The molecule has 3 heterocycles. The van der Waals surface area contributed by atoms with Gasteiger partial charge in [-0.05, 0) is 69.2 Å². The minimum absolute atomic E-state index is 0.0178. The van der Waals surface area contributed by atoms with Gasteiger partial charge in [0.15, 0.2) is 11.6 Å². The first kappa shape index (κ1) is 26.4. The summed E-state index contributed by atoms with van der Waals surface area (Å²) in [5.41, 5.74) is 1.36. The molecule has 3 saturated carbocycles. The number of carbonyl (C=O) groups is 1. The van der Waals surface area contributed by atoms with Gasteiger partial charge in [0.05, 0.1) is 29.1 Å². The second kappa shape index (κ2) is 11.3. The average molecular weight is 587 g/mol. The van der Waals surface area contributed by atoms with Gasteiger partial charge in [0.25, 0.3) is 0 Å². The lowest BCUT2D eigenvalue weighted by molar-refractivity contribution is -0.148. The number of aromatic amines is 1. The van der Waals surface area contributed by atoms with Gasteiger partial charge in [-0.25, -0.2) is 23.7 Å². The second-order valence-electron chi connectivity index (χ2n) is 9.39. The van der Waals surface area contributed by atoms with Crippen LogP contribution in [0, 0.1) is 35.3 Å². The van der Waals surface area contributed by atoms with Crippen molar-refractivity contribution in [3.8, 4) is 11.4 Å². The molecule has 3 fully saturated rings. The van der Waals surface area contributed by atoms with Crippen LogP contribution >= 0.6 is 24.0 Å². The van der Waals surface area contributed by atoms with Crippen LogP contribution < -0.4 is 0 Å². The number of rotatable bonds is 7. The van der Waals surface area contributed by atoms with Gasteiger partial charge in [-0.3, -0.25) is 4.79 Å². The quantitative estimate of drug-likeness (QED) is 0.350. The smallest absolute Gasteiger partial charge is 0.321 e. The molecule has 36 heavy (non-hydrogen) atoms. The summed E-state index contributed by atoms with van der Waals surface area (Å²) in [6, 6.07) is 1.36. The van der Waals surface area contributed by atoms with Crippen LogP contribution in [0.5, 0.6) is 0 Å². The molecule has 3 aliphatic carbocycles. The van der Waals surface area contributed by atoms with E-state index in [1.165, 1.54) is 12.3 Å². The maximum absolute atomic E-state index is 15.0. The molecule has 0 aliphatic heterocycles. The summed E-state index contributed by atoms with van der Waals surface area (Å²) in [6.07, 6.45) is 10.5. The molecule has 3 unspecified atom stereocenters. The third kappa shape index (κ3) is 5.49. The SMILES string of the molecule is CS(=P)CS(OC(=O)[C@H]1C2CCC(CC2)[C@@H]1Cc1nc(-c2c[nH]c3ncc(F)cc23)ncc1F)=PP. The van der Waals surface area contributed by atoms with E-state index in [1.54, 1.807) is 6.20 Å². The first-order chi connectivity index (χ1) is 17.3. The molecule has 0 aromatic carbocycles. The summed E-state index contributed by atoms with van der Waals surface area (Å²) >= 11 is 0. The summed E-state index contributed by atoms with van der Waals surface area (Å²) in [5.74, 6) is -0.495. The lowest BCUT2D eigenvalue weighted by Gasteiger charge is -2.47. The van der Waals surface area contributed by atoms with Gasteiger partial charge < -0.3 is 9.17 Å². The summed E-state index contributed by atoms with van der Waals surface area (Å²) in [5, 5.41) is 1.32. The van der Waals surface area contributed by atoms with Crippen molar-refractivity contribution in [1.29, 1.82) is 0 Å². The Bertz CT molecular complexity index is 1360. The molecule has 6 nitrogen and oxygen atoms in total. The average Bonchev–Trinajstić information content (AvgIpc) is 3.28. The van der Waals surface area contributed by atoms with Crippen LogP contribution in [0.1, 0.15) is 31.4 Å². The maximum atomic E-state index is 15.0. The number of carbonyl (C=O) groups excluding carboxylic acids is 1. The zero-order valence-corrected chi connectivity index (χ0v) is 24.3. The molecule has 192 valence electrons.